The number of aromatic nitrogens is 1. The Labute approximate surface area is 101 Å². The van der Waals surface area contributed by atoms with E-state index in [4.69, 9.17) is 40.1 Å². The van der Waals surface area contributed by atoms with Crippen LogP contribution in [-0.4, -0.2) is 4.98 Å². The monoisotopic (exact) mass is 256 g/mol. The molecule has 0 unspecified atom stereocenters. The molecular formula is C10H3Cl3N2. The van der Waals surface area contributed by atoms with Crippen LogP contribution in [0, 0.1) is 11.3 Å². The summed E-state index contributed by atoms with van der Waals surface area (Å²) in [5.74, 6) is 0. The van der Waals surface area contributed by atoms with Gasteiger partial charge in [-0.3, -0.25) is 0 Å². The first-order chi connectivity index (χ1) is 7.15. The highest BCUT2D eigenvalue weighted by molar-refractivity contribution is 6.41. The Balaban J connectivity index is 3.07. The number of nitriles is 1. The highest BCUT2D eigenvalue weighted by Gasteiger charge is 2.13. The molecule has 0 saturated heterocycles. The molecule has 0 saturated carbocycles. The van der Waals surface area contributed by atoms with E-state index >= 15 is 0 Å². The lowest BCUT2D eigenvalue weighted by molar-refractivity contribution is 1.34. The Morgan fingerprint density at radius 1 is 1.13 bits per heavy atom. The SMILES string of the molecule is N#Cc1c(Cl)nc(Cl)c2cccc(Cl)c12. The molecule has 5 heteroatoms. The number of nitrogens with zero attached hydrogens (tertiary/aromatic N) is 2. The highest BCUT2D eigenvalue weighted by atomic mass is 35.5. The second-order valence-electron chi connectivity index (χ2n) is 2.84. The standard InChI is InChI=1S/C10H3Cl3N2/c11-7-3-1-2-5-8(7)6(4-14)10(13)15-9(5)12/h1-3H. The van der Waals surface area contributed by atoms with Gasteiger partial charge in [-0.25, -0.2) is 4.98 Å². The Morgan fingerprint density at radius 3 is 2.53 bits per heavy atom. The predicted molar refractivity (Wildman–Crippen MR) is 61.5 cm³/mol. The molecule has 1 aromatic heterocycles. The van der Waals surface area contributed by atoms with Gasteiger partial charge in [-0.1, -0.05) is 46.9 Å². The van der Waals surface area contributed by atoms with Crippen LogP contribution in [0.4, 0.5) is 0 Å². The van der Waals surface area contributed by atoms with Crippen LogP contribution in [0.5, 0.6) is 0 Å². The summed E-state index contributed by atoms with van der Waals surface area (Å²) in [4.78, 5) is 3.86. The molecule has 0 radical (unpaired) electrons. The van der Waals surface area contributed by atoms with E-state index < -0.39 is 0 Å². The zero-order chi connectivity index (χ0) is 11.0. The third-order valence-electron chi connectivity index (χ3n) is 2.00. The number of rotatable bonds is 0. The van der Waals surface area contributed by atoms with Crippen molar-refractivity contribution < 1.29 is 0 Å². The summed E-state index contributed by atoms with van der Waals surface area (Å²) in [5.41, 5.74) is 0.252. The molecule has 1 heterocycles. The Morgan fingerprint density at radius 2 is 1.87 bits per heavy atom. The third-order valence-corrected chi connectivity index (χ3v) is 2.88. The van der Waals surface area contributed by atoms with Crippen LogP contribution < -0.4 is 0 Å². The Kier molecular flexibility index (Phi) is 2.70. The van der Waals surface area contributed by atoms with Crippen molar-refractivity contribution >= 4 is 45.6 Å². The molecule has 2 rings (SSSR count). The molecule has 0 aliphatic heterocycles. The average molecular weight is 258 g/mol. The van der Waals surface area contributed by atoms with Gasteiger partial charge in [0, 0.05) is 15.8 Å². The summed E-state index contributed by atoms with van der Waals surface area (Å²) in [6.07, 6.45) is 0. The molecule has 0 spiro atoms. The molecule has 2 nitrogen and oxygen atoms in total. The number of halogens is 3. The first kappa shape index (κ1) is 10.5. The van der Waals surface area contributed by atoms with Crippen LogP contribution in [0.25, 0.3) is 10.8 Å². The molecule has 0 amide bonds. The van der Waals surface area contributed by atoms with Crippen molar-refractivity contribution in [3.63, 3.8) is 0 Å². The van der Waals surface area contributed by atoms with Gasteiger partial charge in [0.05, 0.1) is 5.56 Å². The minimum absolute atomic E-state index is 0.0723. The quantitative estimate of drug-likeness (QED) is 0.667. The van der Waals surface area contributed by atoms with Crippen LogP contribution in [0.15, 0.2) is 18.2 Å². The first-order valence-corrected chi connectivity index (χ1v) is 5.12. The summed E-state index contributed by atoms with van der Waals surface area (Å²) in [5, 5.41) is 10.9. The summed E-state index contributed by atoms with van der Waals surface area (Å²) in [7, 11) is 0. The van der Waals surface area contributed by atoms with Gasteiger partial charge < -0.3 is 0 Å². The fraction of sp³-hybridized carbons (Fsp3) is 0. The summed E-state index contributed by atoms with van der Waals surface area (Å²) in [6, 6.07) is 7.13. The van der Waals surface area contributed by atoms with Gasteiger partial charge in [-0.05, 0) is 6.07 Å². The van der Waals surface area contributed by atoms with E-state index in [0.29, 0.717) is 15.8 Å². The van der Waals surface area contributed by atoms with Gasteiger partial charge in [-0.2, -0.15) is 5.26 Å². The second kappa shape index (κ2) is 3.86. The van der Waals surface area contributed by atoms with E-state index in [9.17, 15) is 0 Å². The maximum atomic E-state index is 8.96. The lowest BCUT2D eigenvalue weighted by Gasteiger charge is -2.05. The minimum Gasteiger partial charge on any atom is -0.222 e. The Hall–Kier alpha value is -1.01. The smallest absolute Gasteiger partial charge is 0.149 e. The molecule has 0 bridgehead atoms. The molecule has 2 aromatic rings. The number of hydrogen-bond acceptors (Lipinski definition) is 2. The van der Waals surface area contributed by atoms with Gasteiger partial charge >= 0.3 is 0 Å². The number of pyridine rings is 1. The van der Waals surface area contributed by atoms with Gasteiger partial charge in [0.25, 0.3) is 0 Å². The molecule has 0 fully saturated rings. The van der Waals surface area contributed by atoms with Crippen molar-refractivity contribution in [3.8, 4) is 6.07 Å². The zero-order valence-electron chi connectivity index (χ0n) is 7.26. The van der Waals surface area contributed by atoms with Crippen molar-refractivity contribution in [2.75, 3.05) is 0 Å². The van der Waals surface area contributed by atoms with Crippen LogP contribution in [0.1, 0.15) is 5.56 Å². The molecule has 0 atom stereocenters. The van der Waals surface area contributed by atoms with E-state index in [1.807, 2.05) is 6.07 Å². The van der Waals surface area contributed by atoms with E-state index in [-0.39, 0.29) is 15.9 Å². The summed E-state index contributed by atoms with van der Waals surface area (Å²) < 4.78 is 0. The topological polar surface area (TPSA) is 36.7 Å². The first-order valence-electron chi connectivity index (χ1n) is 3.98. The molecule has 74 valence electrons. The zero-order valence-corrected chi connectivity index (χ0v) is 9.53. The fourth-order valence-corrected chi connectivity index (χ4v) is 2.13. The molecule has 0 aliphatic rings. The van der Waals surface area contributed by atoms with E-state index in [2.05, 4.69) is 4.98 Å². The number of benzene rings is 1. The normalized spacial score (nSPS) is 10.3. The van der Waals surface area contributed by atoms with E-state index in [1.54, 1.807) is 18.2 Å². The van der Waals surface area contributed by atoms with Crippen LogP contribution in [0.2, 0.25) is 15.3 Å². The molecule has 0 aliphatic carbocycles. The van der Waals surface area contributed by atoms with E-state index in [1.165, 1.54) is 0 Å². The maximum Gasteiger partial charge on any atom is 0.149 e. The van der Waals surface area contributed by atoms with Crippen molar-refractivity contribution in [1.82, 2.24) is 4.98 Å². The summed E-state index contributed by atoms with van der Waals surface area (Å²) >= 11 is 17.7. The largest absolute Gasteiger partial charge is 0.222 e. The maximum absolute atomic E-state index is 8.96. The van der Waals surface area contributed by atoms with Crippen molar-refractivity contribution in [3.05, 3.63) is 39.1 Å². The lowest BCUT2D eigenvalue weighted by atomic mass is 10.1. The highest BCUT2D eigenvalue weighted by Crippen LogP contribution is 2.33. The number of hydrogen-bond donors (Lipinski definition) is 0. The lowest BCUT2D eigenvalue weighted by Crippen LogP contribution is -1.88. The van der Waals surface area contributed by atoms with Gasteiger partial charge in [0.15, 0.2) is 0 Å². The second-order valence-corrected chi connectivity index (χ2v) is 3.97. The van der Waals surface area contributed by atoms with Crippen LogP contribution in [-0.2, 0) is 0 Å². The molecular weight excluding hydrogens is 254 g/mol. The summed E-state index contributed by atoms with van der Waals surface area (Å²) in [6.45, 7) is 0. The fourth-order valence-electron chi connectivity index (χ4n) is 1.36. The van der Waals surface area contributed by atoms with Crippen molar-refractivity contribution in [1.29, 1.82) is 5.26 Å². The Bertz CT molecular complexity index is 587. The molecule has 0 N–H and O–H groups in total. The third kappa shape index (κ3) is 1.63. The van der Waals surface area contributed by atoms with Gasteiger partial charge in [0.1, 0.15) is 16.4 Å². The van der Waals surface area contributed by atoms with Crippen LogP contribution in [0.3, 0.4) is 0 Å². The molecule has 15 heavy (non-hydrogen) atoms. The van der Waals surface area contributed by atoms with Crippen molar-refractivity contribution in [2.24, 2.45) is 0 Å². The van der Waals surface area contributed by atoms with E-state index in [0.717, 1.165) is 0 Å². The minimum atomic E-state index is 0.0723. The van der Waals surface area contributed by atoms with Gasteiger partial charge in [-0.15, -0.1) is 0 Å². The average Bonchev–Trinajstić information content (AvgIpc) is 2.20. The molecule has 1 aromatic carbocycles. The van der Waals surface area contributed by atoms with Gasteiger partial charge in [0.2, 0.25) is 0 Å². The number of fused-ring (bicyclic) bond motifs is 1. The van der Waals surface area contributed by atoms with Crippen LogP contribution >= 0.6 is 34.8 Å². The predicted octanol–water partition coefficient (Wildman–Crippen LogP) is 4.07. The van der Waals surface area contributed by atoms with Crippen molar-refractivity contribution in [2.45, 2.75) is 0 Å².